The number of amides is 2. The molecule has 2 saturated carbocycles. The van der Waals surface area contributed by atoms with E-state index in [1.165, 1.54) is 44.9 Å². The first-order valence-electron chi connectivity index (χ1n) is 9.01. The lowest BCUT2D eigenvalue weighted by Crippen LogP contribution is -2.53. The number of ether oxygens (including phenoxy) is 1. The molecular weight excluding hydrogens is 264 g/mol. The van der Waals surface area contributed by atoms with Crippen molar-refractivity contribution in [1.29, 1.82) is 0 Å². The van der Waals surface area contributed by atoms with Crippen molar-refractivity contribution in [2.75, 3.05) is 13.2 Å². The van der Waals surface area contributed by atoms with Crippen molar-refractivity contribution in [1.82, 2.24) is 10.2 Å². The molecule has 4 rings (SSSR count). The Morgan fingerprint density at radius 2 is 1.86 bits per heavy atom. The maximum atomic E-state index is 12.7. The first-order chi connectivity index (χ1) is 10.3. The first kappa shape index (κ1) is 13.9. The molecular formula is C17H28N2O2. The van der Waals surface area contributed by atoms with Crippen LogP contribution in [-0.2, 0) is 4.74 Å². The lowest BCUT2D eigenvalue weighted by Gasteiger charge is -2.39. The molecule has 0 radical (unpaired) electrons. The summed E-state index contributed by atoms with van der Waals surface area (Å²) in [7, 11) is 0. The number of likely N-dealkylation sites (tertiary alicyclic amines) is 1. The van der Waals surface area contributed by atoms with Gasteiger partial charge >= 0.3 is 6.03 Å². The fourth-order valence-electron chi connectivity index (χ4n) is 4.96. The summed E-state index contributed by atoms with van der Waals surface area (Å²) in [5.74, 6) is 1.35. The van der Waals surface area contributed by atoms with Crippen LogP contribution >= 0.6 is 0 Å². The van der Waals surface area contributed by atoms with Gasteiger partial charge in [-0.25, -0.2) is 4.79 Å². The Morgan fingerprint density at radius 3 is 2.67 bits per heavy atom. The van der Waals surface area contributed by atoms with Gasteiger partial charge in [0.05, 0.1) is 6.10 Å². The molecule has 2 aliphatic heterocycles. The predicted octanol–water partition coefficient (Wildman–Crippen LogP) is 2.92. The van der Waals surface area contributed by atoms with Gasteiger partial charge in [-0.05, 0) is 57.3 Å². The van der Waals surface area contributed by atoms with Gasteiger partial charge in [-0.1, -0.05) is 6.42 Å². The van der Waals surface area contributed by atoms with E-state index < -0.39 is 0 Å². The van der Waals surface area contributed by atoms with Crippen LogP contribution in [0.4, 0.5) is 4.79 Å². The van der Waals surface area contributed by atoms with Gasteiger partial charge in [-0.2, -0.15) is 0 Å². The number of hydrogen-bond acceptors (Lipinski definition) is 2. The molecule has 0 unspecified atom stereocenters. The Labute approximate surface area is 127 Å². The molecule has 2 saturated heterocycles. The number of carbonyl (C=O) groups excluding carboxylic acids is 1. The fraction of sp³-hybridized carbons (Fsp3) is 0.941. The molecule has 0 aromatic carbocycles. The average molecular weight is 292 g/mol. The van der Waals surface area contributed by atoms with Gasteiger partial charge in [0, 0.05) is 31.2 Å². The smallest absolute Gasteiger partial charge is 0.317 e. The molecule has 2 aliphatic carbocycles. The van der Waals surface area contributed by atoms with Gasteiger partial charge in [0.25, 0.3) is 0 Å². The van der Waals surface area contributed by atoms with Crippen LogP contribution in [0.1, 0.15) is 57.8 Å². The van der Waals surface area contributed by atoms with Gasteiger partial charge < -0.3 is 15.0 Å². The molecule has 4 nitrogen and oxygen atoms in total. The van der Waals surface area contributed by atoms with E-state index >= 15 is 0 Å². The summed E-state index contributed by atoms with van der Waals surface area (Å²) < 4.78 is 5.82. The van der Waals surface area contributed by atoms with Crippen molar-refractivity contribution in [3.8, 4) is 0 Å². The third-order valence-corrected chi connectivity index (χ3v) is 6.34. The minimum absolute atomic E-state index is 0.210. The molecule has 0 aromatic heterocycles. The topological polar surface area (TPSA) is 41.6 Å². The second-order valence-corrected chi connectivity index (χ2v) is 7.44. The van der Waals surface area contributed by atoms with E-state index in [2.05, 4.69) is 10.2 Å². The standard InChI is InChI=1S/C17H28N2O2/c20-17(19-10-3-7-15(19)12-4-1-5-12)18-14-6-2-8-16-13(14)9-11-21-16/h12-16H,1-11H2,(H,18,20)/t13-,14-,15+,16+/m1/s1. The van der Waals surface area contributed by atoms with Crippen LogP contribution in [0.25, 0.3) is 0 Å². The molecule has 2 heterocycles. The Hall–Kier alpha value is -0.770. The van der Waals surface area contributed by atoms with E-state index in [1.54, 1.807) is 0 Å². The number of nitrogens with zero attached hydrogens (tertiary/aromatic N) is 1. The van der Waals surface area contributed by atoms with Gasteiger partial charge in [0.15, 0.2) is 0 Å². The third-order valence-electron chi connectivity index (χ3n) is 6.34. The highest BCUT2D eigenvalue weighted by Gasteiger charge is 2.41. The van der Waals surface area contributed by atoms with Crippen LogP contribution in [0.2, 0.25) is 0 Å². The van der Waals surface area contributed by atoms with Crippen LogP contribution in [0.15, 0.2) is 0 Å². The Kier molecular flexibility index (Phi) is 3.82. The zero-order valence-corrected chi connectivity index (χ0v) is 12.9. The average Bonchev–Trinajstić information content (AvgIpc) is 3.05. The van der Waals surface area contributed by atoms with Gasteiger partial charge in [-0.3, -0.25) is 0 Å². The zero-order chi connectivity index (χ0) is 14.2. The molecule has 4 heteroatoms. The lowest BCUT2D eigenvalue weighted by molar-refractivity contribution is 0.0528. The molecule has 0 spiro atoms. The van der Waals surface area contributed by atoms with Crippen molar-refractivity contribution in [2.45, 2.75) is 76.0 Å². The molecule has 21 heavy (non-hydrogen) atoms. The summed E-state index contributed by atoms with van der Waals surface area (Å²) in [6, 6.07) is 1.08. The van der Waals surface area contributed by atoms with Crippen LogP contribution in [0, 0.1) is 11.8 Å². The summed E-state index contributed by atoms with van der Waals surface area (Å²) in [5, 5.41) is 3.37. The van der Waals surface area contributed by atoms with Crippen LogP contribution in [-0.4, -0.2) is 42.3 Å². The quantitative estimate of drug-likeness (QED) is 0.850. The van der Waals surface area contributed by atoms with E-state index in [4.69, 9.17) is 4.74 Å². The molecule has 4 aliphatic rings. The van der Waals surface area contributed by atoms with Crippen molar-refractivity contribution >= 4 is 6.03 Å². The van der Waals surface area contributed by atoms with Crippen molar-refractivity contribution in [2.24, 2.45) is 11.8 Å². The van der Waals surface area contributed by atoms with Crippen LogP contribution in [0.3, 0.4) is 0 Å². The minimum Gasteiger partial charge on any atom is -0.378 e. The Morgan fingerprint density at radius 1 is 1.00 bits per heavy atom. The number of rotatable bonds is 2. The number of fused-ring (bicyclic) bond motifs is 1. The fourth-order valence-corrected chi connectivity index (χ4v) is 4.96. The normalized spacial score (nSPS) is 39.9. The monoisotopic (exact) mass is 292 g/mol. The van der Waals surface area contributed by atoms with E-state index in [0.717, 1.165) is 31.9 Å². The SMILES string of the molecule is O=C(N[C@@H]1CCC[C@@H]2OCC[C@@H]21)N1CCC[C@H]1C1CCC1. The highest BCUT2D eigenvalue weighted by molar-refractivity contribution is 5.75. The number of hydrogen-bond donors (Lipinski definition) is 1. The number of nitrogens with one attached hydrogen (secondary N) is 1. The molecule has 0 aromatic rings. The third kappa shape index (κ3) is 2.56. The largest absolute Gasteiger partial charge is 0.378 e. The highest BCUT2D eigenvalue weighted by Crippen LogP contribution is 2.38. The van der Waals surface area contributed by atoms with Crippen molar-refractivity contribution in [3.05, 3.63) is 0 Å². The molecule has 4 atom stereocenters. The van der Waals surface area contributed by atoms with Gasteiger partial charge in [-0.15, -0.1) is 0 Å². The van der Waals surface area contributed by atoms with Gasteiger partial charge in [0.1, 0.15) is 0 Å². The Balaban J connectivity index is 1.38. The maximum absolute atomic E-state index is 12.7. The van der Waals surface area contributed by atoms with E-state index in [9.17, 15) is 4.79 Å². The summed E-state index contributed by atoms with van der Waals surface area (Å²) >= 11 is 0. The highest BCUT2D eigenvalue weighted by atomic mass is 16.5. The van der Waals surface area contributed by atoms with Crippen molar-refractivity contribution < 1.29 is 9.53 Å². The van der Waals surface area contributed by atoms with E-state index in [1.807, 2.05) is 0 Å². The first-order valence-corrected chi connectivity index (χ1v) is 9.01. The van der Waals surface area contributed by atoms with E-state index in [-0.39, 0.29) is 6.03 Å². The number of urea groups is 1. The molecule has 1 N–H and O–H groups in total. The maximum Gasteiger partial charge on any atom is 0.317 e. The summed E-state index contributed by atoms with van der Waals surface area (Å²) in [6.07, 6.45) is 11.5. The molecule has 4 fully saturated rings. The predicted molar refractivity (Wildman–Crippen MR) is 81.1 cm³/mol. The zero-order valence-electron chi connectivity index (χ0n) is 12.9. The summed E-state index contributed by atoms with van der Waals surface area (Å²) in [5.41, 5.74) is 0. The van der Waals surface area contributed by atoms with Crippen LogP contribution < -0.4 is 5.32 Å². The minimum atomic E-state index is 0.210. The lowest BCUT2D eigenvalue weighted by atomic mass is 9.79. The summed E-state index contributed by atoms with van der Waals surface area (Å²) in [4.78, 5) is 14.9. The van der Waals surface area contributed by atoms with E-state index in [0.29, 0.717) is 24.1 Å². The van der Waals surface area contributed by atoms with Gasteiger partial charge in [0.2, 0.25) is 0 Å². The molecule has 0 bridgehead atoms. The molecule has 2 amide bonds. The van der Waals surface area contributed by atoms with Crippen LogP contribution in [0.5, 0.6) is 0 Å². The second-order valence-electron chi connectivity index (χ2n) is 7.44. The summed E-state index contributed by atoms with van der Waals surface area (Å²) in [6.45, 7) is 1.85. The number of carbonyl (C=O) groups is 1. The Bertz CT molecular complexity index is 396. The molecule has 118 valence electrons. The second kappa shape index (κ2) is 5.79. The van der Waals surface area contributed by atoms with Crippen molar-refractivity contribution in [3.63, 3.8) is 0 Å².